The topological polar surface area (TPSA) is 76.7 Å². The molecule has 0 spiro atoms. The van der Waals surface area contributed by atoms with E-state index in [4.69, 9.17) is 9.05 Å². The van der Waals surface area contributed by atoms with Gasteiger partial charge in [-0.15, -0.1) is 0 Å². The van der Waals surface area contributed by atoms with E-state index in [1.165, 1.54) is 0 Å². The normalized spacial score (nSPS) is 19.9. The maximum Gasteiger partial charge on any atom is 0.286 e. The SMILES string of the molecule is C=C(C)NCC(c1ccc(C(CNC(=C)C)P2(=O)Oc3ccccc3-c3ccccc32)cc1)P1(=O)Oc2ccccc2-c2ccccc21. The predicted octanol–water partition coefficient (Wildman–Crippen LogP) is 9.34. The molecule has 0 saturated carbocycles. The highest BCUT2D eigenvalue weighted by molar-refractivity contribution is 7.68. The second-order valence-corrected chi connectivity index (χ2v) is 17.4. The minimum Gasteiger partial charge on any atom is -0.439 e. The number of para-hydroxylation sites is 2. The highest BCUT2D eigenvalue weighted by atomic mass is 31.2. The maximum absolute atomic E-state index is 15.3. The molecule has 7 rings (SSSR count). The molecule has 2 heterocycles. The van der Waals surface area contributed by atoms with Crippen LogP contribution in [0.2, 0.25) is 0 Å². The minimum atomic E-state index is -3.52. The average Bonchev–Trinajstić information content (AvgIpc) is 3.09. The Morgan fingerprint density at radius 3 is 1.25 bits per heavy atom. The summed E-state index contributed by atoms with van der Waals surface area (Å²) in [6.45, 7) is 12.6. The molecule has 0 radical (unpaired) electrons. The van der Waals surface area contributed by atoms with Crippen LogP contribution < -0.4 is 30.3 Å². The monoisotopic (exact) mass is 672 g/mol. The molecule has 0 saturated heterocycles. The third-order valence-electron chi connectivity index (χ3n) is 9.02. The molecule has 2 aliphatic heterocycles. The van der Waals surface area contributed by atoms with Crippen LogP contribution in [0.1, 0.15) is 36.3 Å². The van der Waals surface area contributed by atoms with Gasteiger partial charge in [0.2, 0.25) is 0 Å². The molecule has 2 aliphatic rings. The Bertz CT molecular complexity index is 1990. The standard InChI is InChI=1S/C40H38N2O4P2/c1-27(2)41-25-39(47(43)37-19-11-7-15-33(37)31-13-5-9-17-35(31)45-47)29-21-23-30(24-22-29)40(26-42-28(3)4)48(44)38-20-12-8-16-34(38)32-14-6-10-18-36(32)46-48/h5-24,39-42H,1,3,25-26H2,2,4H3. The van der Waals surface area contributed by atoms with Crippen LogP contribution >= 0.6 is 14.7 Å². The first-order valence-corrected chi connectivity index (χ1v) is 19.4. The molecule has 4 atom stereocenters. The van der Waals surface area contributed by atoms with Crippen LogP contribution in [0.4, 0.5) is 0 Å². The van der Waals surface area contributed by atoms with Gasteiger partial charge in [-0.05, 0) is 60.4 Å². The van der Waals surface area contributed by atoms with E-state index < -0.39 is 26.1 Å². The Morgan fingerprint density at radius 2 is 0.875 bits per heavy atom. The molecule has 0 aromatic heterocycles. The van der Waals surface area contributed by atoms with E-state index >= 15 is 9.13 Å². The quantitative estimate of drug-likeness (QED) is 0.144. The second-order valence-electron chi connectivity index (χ2n) is 12.4. The van der Waals surface area contributed by atoms with Crippen molar-refractivity contribution in [3.05, 3.63) is 157 Å². The van der Waals surface area contributed by atoms with Crippen molar-refractivity contribution in [2.75, 3.05) is 13.1 Å². The van der Waals surface area contributed by atoms with Gasteiger partial charge in [0.15, 0.2) is 0 Å². The Hall–Kier alpha value is -4.76. The molecule has 0 amide bonds. The van der Waals surface area contributed by atoms with Crippen LogP contribution in [0, 0.1) is 0 Å². The van der Waals surface area contributed by atoms with E-state index in [2.05, 4.69) is 23.8 Å². The first kappa shape index (κ1) is 31.8. The Labute approximate surface area is 282 Å². The summed E-state index contributed by atoms with van der Waals surface area (Å²) in [6, 6.07) is 39.0. The largest absolute Gasteiger partial charge is 0.439 e. The molecule has 4 unspecified atom stereocenters. The van der Waals surface area contributed by atoms with Crippen molar-refractivity contribution in [2.45, 2.75) is 25.2 Å². The van der Waals surface area contributed by atoms with Crippen LogP contribution in [0.15, 0.2) is 146 Å². The number of hydrogen-bond donors (Lipinski definition) is 2. The number of nitrogens with one attached hydrogen (secondary N) is 2. The van der Waals surface area contributed by atoms with Crippen LogP contribution in [-0.2, 0) is 9.13 Å². The van der Waals surface area contributed by atoms with Gasteiger partial charge >= 0.3 is 0 Å². The van der Waals surface area contributed by atoms with E-state index in [-0.39, 0.29) is 0 Å². The van der Waals surface area contributed by atoms with E-state index in [0.29, 0.717) is 35.2 Å². The Morgan fingerprint density at radius 1 is 0.542 bits per heavy atom. The minimum absolute atomic E-state index is 0.356. The fourth-order valence-electron chi connectivity index (χ4n) is 6.69. The van der Waals surface area contributed by atoms with Crippen molar-refractivity contribution in [3.8, 4) is 33.8 Å². The summed E-state index contributed by atoms with van der Waals surface area (Å²) in [6.07, 6.45) is 0. The summed E-state index contributed by atoms with van der Waals surface area (Å²) < 4.78 is 43.7. The van der Waals surface area contributed by atoms with Gasteiger partial charge in [-0.3, -0.25) is 9.13 Å². The molecule has 0 bridgehead atoms. The van der Waals surface area contributed by atoms with Gasteiger partial charge in [0.25, 0.3) is 14.7 Å². The molecule has 0 aliphatic carbocycles. The lowest BCUT2D eigenvalue weighted by Crippen LogP contribution is -2.29. The van der Waals surface area contributed by atoms with Gasteiger partial charge in [-0.25, -0.2) is 0 Å². The molecular weight excluding hydrogens is 634 g/mol. The molecule has 2 N–H and O–H groups in total. The molecule has 6 nitrogen and oxygen atoms in total. The highest BCUT2D eigenvalue weighted by Gasteiger charge is 2.46. The van der Waals surface area contributed by atoms with Gasteiger partial charge in [0.1, 0.15) is 11.5 Å². The van der Waals surface area contributed by atoms with Gasteiger partial charge in [-0.2, -0.15) is 0 Å². The third-order valence-corrected chi connectivity index (χ3v) is 14.7. The van der Waals surface area contributed by atoms with Crippen molar-refractivity contribution >= 4 is 25.3 Å². The summed E-state index contributed by atoms with van der Waals surface area (Å²) >= 11 is 0. The number of allylic oxidation sites excluding steroid dienone is 2. The molecule has 8 heteroatoms. The number of fused-ring (bicyclic) bond motifs is 6. The van der Waals surface area contributed by atoms with Crippen molar-refractivity contribution in [3.63, 3.8) is 0 Å². The van der Waals surface area contributed by atoms with E-state index in [1.807, 2.05) is 135 Å². The van der Waals surface area contributed by atoms with Crippen molar-refractivity contribution in [1.29, 1.82) is 0 Å². The molecule has 242 valence electrons. The fraction of sp³-hybridized carbons (Fsp3) is 0.150. The summed E-state index contributed by atoms with van der Waals surface area (Å²) in [5.41, 5.74) is 5.84. The maximum atomic E-state index is 15.3. The molecule has 5 aromatic rings. The summed E-state index contributed by atoms with van der Waals surface area (Å²) in [5, 5.41) is 8.07. The first-order chi connectivity index (χ1) is 23.2. The predicted molar refractivity (Wildman–Crippen MR) is 197 cm³/mol. The van der Waals surface area contributed by atoms with E-state index in [9.17, 15) is 0 Å². The van der Waals surface area contributed by atoms with Crippen LogP contribution in [0.5, 0.6) is 11.5 Å². The first-order valence-electron chi connectivity index (χ1n) is 16.0. The summed E-state index contributed by atoms with van der Waals surface area (Å²) in [5.74, 6) is 1.21. The van der Waals surface area contributed by atoms with Crippen molar-refractivity contribution in [2.24, 2.45) is 0 Å². The van der Waals surface area contributed by atoms with Crippen LogP contribution in [-0.4, -0.2) is 13.1 Å². The summed E-state index contributed by atoms with van der Waals surface area (Å²) in [4.78, 5) is 0. The van der Waals surface area contributed by atoms with Crippen molar-refractivity contribution < 1.29 is 18.2 Å². The molecule has 5 aromatic carbocycles. The Balaban J connectivity index is 1.31. The van der Waals surface area contributed by atoms with Gasteiger partial charge in [0, 0.05) is 35.6 Å². The lowest BCUT2D eigenvalue weighted by Gasteiger charge is -2.35. The third kappa shape index (κ3) is 5.60. The van der Waals surface area contributed by atoms with Crippen LogP contribution in [0.25, 0.3) is 22.3 Å². The zero-order valence-corrected chi connectivity index (χ0v) is 28.8. The smallest absolute Gasteiger partial charge is 0.286 e. The highest BCUT2D eigenvalue weighted by Crippen LogP contribution is 2.65. The van der Waals surface area contributed by atoms with E-state index in [1.54, 1.807) is 0 Å². The number of benzene rings is 5. The summed E-state index contributed by atoms with van der Waals surface area (Å²) in [7, 11) is -7.03. The average molecular weight is 673 g/mol. The van der Waals surface area contributed by atoms with Gasteiger partial charge < -0.3 is 19.7 Å². The van der Waals surface area contributed by atoms with Crippen molar-refractivity contribution in [1.82, 2.24) is 10.6 Å². The number of rotatable bonds is 10. The van der Waals surface area contributed by atoms with Gasteiger partial charge in [0.05, 0.1) is 21.9 Å². The lowest BCUT2D eigenvalue weighted by atomic mass is 10.0. The molecule has 0 fully saturated rings. The van der Waals surface area contributed by atoms with E-state index in [0.717, 1.165) is 44.8 Å². The second kappa shape index (κ2) is 12.7. The zero-order valence-electron chi connectivity index (χ0n) is 27.1. The molecule has 48 heavy (non-hydrogen) atoms. The lowest BCUT2D eigenvalue weighted by molar-refractivity contribution is 0.473. The Kier molecular flexibility index (Phi) is 8.41. The fourth-order valence-corrected chi connectivity index (χ4v) is 12.2. The van der Waals surface area contributed by atoms with Gasteiger partial charge in [-0.1, -0.05) is 110 Å². The van der Waals surface area contributed by atoms with Crippen LogP contribution in [0.3, 0.4) is 0 Å². The zero-order chi connectivity index (χ0) is 33.5. The number of hydrogen-bond acceptors (Lipinski definition) is 6. The molecular formula is C40H38N2O4P2.